The first-order chi connectivity index (χ1) is 14.1. The molecule has 2 aromatic heterocycles. The van der Waals surface area contributed by atoms with Crippen molar-refractivity contribution in [3.63, 3.8) is 0 Å². The molecule has 2 aromatic carbocycles. The number of nitrogens with zero attached hydrogens (tertiary/aromatic N) is 2. The summed E-state index contributed by atoms with van der Waals surface area (Å²) in [5.74, 6) is -0.583. The van der Waals surface area contributed by atoms with Crippen molar-refractivity contribution in [2.45, 2.75) is 25.5 Å². The summed E-state index contributed by atoms with van der Waals surface area (Å²) in [6, 6.07) is 14.5. The van der Waals surface area contributed by atoms with Crippen molar-refractivity contribution in [1.82, 2.24) is 9.55 Å². The number of carbonyl (C=O) groups excluding carboxylic acids is 1. The molecule has 1 saturated carbocycles. The van der Waals surface area contributed by atoms with E-state index in [4.69, 9.17) is 4.74 Å². The molecule has 5 rings (SSSR count). The summed E-state index contributed by atoms with van der Waals surface area (Å²) in [4.78, 5) is 28.2. The summed E-state index contributed by atoms with van der Waals surface area (Å²) in [5.41, 5.74) is 1.67. The van der Waals surface area contributed by atoms with Gasteiger partial charge in [-0.2, -0.15) is 0 Å². The number of pyridine rings is 2. The highest BCUT2D eigenvalue weighted by molar-refractivity contribution is 5.87. The van der Waals surface area contributed by atoms with Gasteiger partial charge in [-0.15, -0.1) is 0 Å². The third kappa shape index (κ3) is 3.16. The number of aldehydes is 1. The van der Waals surface area contributed by atoms with Gasteiger partial charge in [0.25, 0.3) is 0 Å². The van der Waals surface area contributed by atoms with Crippen molar-refractivity contribution in [1.29, 1.82) is 0 Å². The maximum atomic E-state index is 14.7. The molecule has 1 aliphatic rings. The number of fused-ring (bicyclic) bond motifs is 2. The van der Waals surface area contributed by atoms with Gasteiger partial charge in [0.2, 0.25) is 0 Å². The second-order valence-electron chi connectivity index (χ2n) is 7.25. The molecular weight excluding hydrogens is 371 g/mol. The molecule has 0 spiro atoms. The molecule has 1 fully saturated rings. The Bertz CT molecular complexity index is 1330. The average Bonchev–Trinajstić information content (AvgIpc) is 3.58. The van der Waals surface area contributed by atoms with E-state index in [2.05, 4.69) is 4.98 Å². The molecule has 0 radical (unpaired) electrons. The van der Waals surface area contributed by atoms with Gasteiger partial charge in [0.1, 0.15) is 6.61 Å². The Morgan fingerprint density at radius 2 is 2.00 bits per heavy atom. The molecule has 6 heteroatoms. The van der Waals surface area contributed by atoms with Crippen LogP contribution < -0.4 is 10.2 Å². The molecule has 1 aliphatic carbocycles. The van der Waals surface area contributed by atoms with Crippen LogP contribution in [0.15, 0.2) is 59.5 Å². The van der Waals surface area contributed by atoms with E-state index in [9.17, 15) is 14.0 Å². The third-order valence-corrected chi connectivity index (χ3v) is 5.21. The summed E-state index contributed by atoms with van der Waals surface area (Å²) in [6.45, 7) is 0.105. The van der Waals surface area contributed by atoms with Gasteiger partial charge in [-0.25, -0.2) is 9.37 Å². The van der Waals surface area contributed by atoms with Crippen LogP contribution in [0.2, 0.25) is 0 Å². The van der Waals surface area contributed by atoms with E-state index < -0.39 is 11.2 Å². The normalized spacial score (nSPS) is 13.7. The van der Waals surface area contributed by atoms with Crippen LogP contribution in [0.5, 0.6) is 5.75 Å². The highest BCUT2D eigenvalue weighted by Crippen LogP contribution is 2.38. The molecule has 5 nitrogen and oxygen atoms in total. The lowest BCUT2D eigenvalue weighted by Gasteiger charge is -2.14. The molecule has 0 saturated heterocycles. The Morgan fingerprint density at radius 3 is 2.79 bits per heavy atom. The number of halogens is 1. The summed E-state index contributed by atoms with van der Waals surface area (Å²) in [7, 11) is 0. The number of hydrogen-bond acceptors (Lipinski definition) is 4. The van der Waals surface area contributed by atoms with Gasteiger partial charge in [0.05, 0.1) is 22.3 Å². The first kappa shape index (κ1) is 17.6. The fourth-order valence-corrected chi connectivity index (χ4v) is 3.56. The Kier molecular flexibility index (Phi) is 4.12. The van der Waals surface area contributed by atoms with E-state index in [1.807, 2.05) is 41.0 Å². The number of rotatable bonds is 5. The molecule has 2 heterocycles. The molecule has 29 heavy (non-hydrogen) atoms. The van der Waals surface area contributed by atoms with E-state index in [0.717, 1.165) is 29.8 Å². The van der Waals surface area contributed by atoms with Crippen molar-refractivity contribution in [2.75, 3.05) is 0 Å². The molecule has 0 unspecified atom stereocenters. The predicted molar refractivity (Wildman–Crippen MR) is 108 cm³/mol. The zero-order valence-electron chi connectivity index (χ0n) is 15.5. The Labute approximate surface area is 165 Å². The quantitative estimate of drug-likeness (QED) is 0.475. The summed E-state index contributed by atoms with van der Waals surface area (Å²) >= 11 is 0. The highest BCUT2D eigenvalue weighted by Gasteiger charge is 2.26. The molecule has 0 bridgehead atoms. The first-order valence-electron chi connectivity index (χ1n) is 9.45. The van der Waals surface area contributed by atoms with E-state index >= 15 is 0 Å². The molecular formula is C23H17FN2O3. The van der Waals surface area contributed by atoms with Gasteiger partial charge in [-0.3, -0.25) is 9.59 Å². The average molecular weight is 388 g/mol. The van der Waals surface area contributed by atoms with Crippen molar-refractivity contribution in [3.05, 3.63) is 82.0 Å². The Balaban J connectivity index is 1.52. The largest absolute Gasteiger partial charge is 0.484 e. The molecule has 0 aliphatic heterocycles. The summed E-state index contributed by atoms with van der Waals surface area (Å²) in [5, 5.41) is 1.21. The zero-order chi connectivity index (χ0) is 20.0. The van der Waals surface area contributed by atoms with Crippen LogP contribution in [0.3, 0.4) is 0 Å². The second-order valence-corrected chi connectivity index (χ2v) is 7.25. The van der Waals surface area contributed by atoms with Crippen molar-refractivity contribution < 1.29 is 13.9 Å². The Hall–Kier alpha value is -3.54. The maximum Gasteiger partial charge on any atom is 0.199 e. The van der Waals surface area contributed by atoms with Gasteiger partial charge in [0, 0.05) is 29.1 Å². The van der Waals surface area contributed by atoms with E-state index in [1.54, 1.807) is 12.3 Å². The minimum atomic E-state index is -0.638. The molecule has 0 atom stereocenters. The fraction of sp³-hybridized carbons (Fsp3) is 0.174. The topological polar surface area (TPSA) is 61.2 Å². The minimum absolute atomic E-state index is 0.0397. The predicted octanol–water partition coefficient (Wildman–Crippen LogP) is 4.42. The second kappa shape index (κ2) is 6.81. The first-order valence-corrected chi connectivity index (χ1v) is 9.45. The number of aromatic nitrogens is 2. The number of ether oxygens (including phenoxy) is 1. The standard InChI is InChI=1S/C23H17FN2O3/c24-19-9-18-21(26(17-7-8-17)11-15(12-27)23(18)28)10-22(19)29-13-16-6-5-14-3-1-2-4-20(14)25-16/h1-6,9-12,17H,7-8,13H2. The van der Waals surface area contributed by atoms with Crippen LogP contribution >= 0.6 is 0 Å². The van der Waals surface area contributed by atoms with Crippen LogP contribution in [0, 0.1) is 5.82 Å². The monoisotopic (exact) mass is 388 g/mol. The SMILES string of the molecule is O=Cc1cn(C2CC2)c2cc(OCc3ccc4ccccc4n3)c(F)cc2c1=O. The molecule has 4 aromatic rings. The highest BCUT2D eigenvalue weighted by atomic mass is 19.1. The maximum absolute atomic E-state index is 14.7. The van der Waals surface area contributed by atoms with Crippen molar-refractivity contribution >= 4 is 28.1 Å². The van der Waals surface area contributed by atoms with Crippen LogP contribution in [0.25, 0.3) is 21.8 Å². The lowest BCUT2D eigenvalue weighted by atomic mass is 10.1. The van der Waals surface area contributed by atoms with Gasteiger partial charge in [-0.05, 0) is 31.0 Å². The van der Waals surface area contributed by atoms with Crippen LogP contribution in [-0.2, 0) is 6.61 Å². The van der Waals surface area contributed by atoms with Gasteiger partial charge < -0.3 is 9.30 Å². The van der Waals surface area contributed by atoms with Crippen LogP contribution in [0.4, 0.5) is 4.39 Å². The summed E-state index contributed by atoms with van der Waals surface area (Å²) in [6.07, 6.45) is 4.01. The number of benzene rings is 2. The van der Waals surface area contributed by atoms with Crippen molar-refractivity contribution in [2.24, 2.45) is 0 Å². The van der Waals surface area contributed by atoms with E-state index in [0.29, 0.717) is 17.5 Å². The van der Waals surface area contributed by atoms with E-state index in [-0.39, 0.29) is 29.3 Å². The number of carbonyl (C=O) groups is 1. The van der Waals surface area contributed by atoms with Crippen LogP contribution in [0.1, 0.15) is 34.9 Å². The Morgan fingerprint density at radius 1 is 1.17 bits per heavy atom. The van der Waals surface area contributed by atoms with E-state index in [1.165, 1.54) is 0 Å². The minimum Gasteiger partial charge on any atom is -0.484 e. The smallest absolute Gasteiger partial charge is 0.199 e. The lowest BCUT2D eigenvalue weighted by molar-refractivity contribution is 0.112. The number of para-hydroxylation sites is 1. The van der Waals surface area contributed by atoms with Gasteiger partial charge >= 0.3 is 0 Å². The lowest BCUT2D eigenvalue weighted by Crippen LogP contribution is -2.14. The number of hydrogen-bond donors (Lipinski definition) is 0. The van der Waals surface area contributed by atoms with Gasteiger partial charge in [0.15, 0.2) is 23.3 Å². The molecule has 0 amide bonds. The molecule has 144 valence electrons. The van der Waals surface area contributed by atoms with Crippen molar-refractivity contribution in [3.8, 4) is 5.75 Å². The van der Waals surface area contributed by atoms with Gasteiger partial charge in [-0.1, -0.05) is 24.3 Å². The summed E-state index contributed by atoms with van der Waals surface area (Å²) < 4.78 is 22.2. The fourth-order valence-electron chi connectivity index (χ4n) is 3.56. The third-order valence-electron chi connectivity index (χ3n) is 5.21. The van der Waals surface area contributed by atoms with Crippen LogP contribution in [-0.4, -0.2) is 15.8 Å². The zero-order valence-corrected chi connectivity index (χ0v) is 15.5. The molecule has 0 N–H and O–H groups in total.